The highest BCUT2D eigenvalue weighted by Gasteiger charge is 2.07. The number of quaternary nitrogens is 3. The van der Waals surface area contributed by atoms with Crippen molar-refractivity contribution in [2.75, 3.05) is 58.9 Å². The van der Waals surface area contributed by atoms with Gasteiger partial charge in [-0.1, -0.05) is 120 Å². The number of nitrogens with one attached hydrogen (secondary N) is 3. The molecule has 0 amide bonds. The lowest BCUT2D eigenvalue weighted by Gasteiger charge is -2.35. The van der Waals surface area contributed by atoms with E-state index in [2.05, 4.69) is 62.3 Å². The van der Waals surface area contributed by atoms with Gasteiger partial charge >= 0.3 is 0 Å². The standard InChI is InChI=1S/3C12H27N.BO3/c3*1-4-7-10-13(11-8-5-2)12-9-6-3;2-1(3)4/h3*4-12H2,1-3H3;/q;;;-3/p+3. The van der Waals surface area contributed by atoms with Crippen molar-refractivity contribution in [2.24, 2.45) is 0 Å². The van der Waals surface area contributed by atoms with Gasteiger partial charge in [-0.15, -0.1) is 0 Å². The number of rotatable bonds is 27. The van der Waals surface area contributed by atoms with Crippen molar-refractivity contribution >= 4 is 7.32 Å². The zero-order chi connectivity index (χ0) is 33.4. The fraction of sp³-hybridized carbons (Fsp3) is 1.00. The van der Waals surface area contributed by atoms with Gasteiger partial charge in [-0.25, -0.2) is 0 Å². The molecule has 0 spiro atoms. The van der Waals surface area contributed by atoms with E-state index in [1.165, 1.54) is 174 Å². The molecule has 0 saturated heterocycles. The third-order valence-corrected chi connectivity index (χ3v) is 7.95. The van der Waals surface area contributed by atoms with Crippen LogP contribution in [0.5, 0.6) is 0 Å². The Kier molecular flexibility index (Phi) is 53.4. The normalized spacial score (nSPS) is 10.7. The second-order valence-corrected chi connectivity index (χ2v) is 12.5. The van der Waals surface area contributed by atoms with Crippen LogP contribution in [0.3, 0.4) is 0 Å². The summed E-state index contributed by atoms with van der Waals surface area (Å²) in [5.74, 6) is 0. The van der Waals surface area contributed by atoms with E-state index in [0.29, 0.717) is 0 Å². The monoisotopic (exact) mass is 618 g/mol. The van der Waals surface area contributed by atoms with Crippen molar-refractivity contribution in [2.45, 2.75) is 178 Å². The summed E-state index contributed by atoms with van der Waals surface area (Å²) < 4.78 is 0. The highest BCUT2D eigenvalue weighted by molar-refractivity contribution is 6.24. The van der Waals surface area contributed by atoms with Crippen molar-refractivity contribution < 1.29 is 29.8 Å². The highest BCUT2D eigenvalue weighted by Crippen LogP contribution is 1.88. The summed E-state index contributed by atoms with van der Waals surface area (Å²) in [7, 11) is -2.92. The Labute approximate surface area is 273 Å². The van der Waals surface area contributed by atoms with Crippen LogP contribution < -0.4 is 29.8 Å². The van der Waals surface area contributed by atoms with Gasteiger partial charge in [0, 0.05) is 0 Å². The van der Waals surface area contributed by atoms with Gasteiger partial charge in [-0.3, -0.25) is 7.32 Å². The van der Waals surface area contributed by atoms with Crippen LogP contribution in [0, 0.1) is 0 Å². The summed E-state index contributed by atoms with van der Waals surface area (Å²) in [6, 6.07) is 0. The van der Waals surface area contributed by atoms with Crippen molar-refractivity contribution in [1.29, 1.82) is 0 Å². The average Bonchev–Trinajstić information content (AvgIpc) is 3.00. The Hall–Kier alpha value is -0.175. The van der Waals surface area contributed by atoms with Gasteiger partial charge in [0.05, 0.1) is 58.9 Å². The Morgan fingerprint density at radius 3 is 0.442 bits per heavy atom. The summed E-state index contributed by atoms with van der Waals surface area (Å²) in [5, 5.41) is 25.2. The van der Waals surface area contributed by atoms with E-state index < -0.39 is 7.32 Å². The van der Waals surface area contributed by atoms with Gasteiger partial charge in [0.15, 0.2) is 0 Å². The summed E-state index contributed by atoms with van der Waals surface area (Å²) in [6.07, 6.45) is 24.8. The first-order valence-electron chi connectivity index (χ1n) is 19.3. The molecular formula is C36H84BN3O3. The molecule has 0 aliphatic heterocycles. The highest BCUT2D eigenvalue weighted by atomic mass is 16.5. The van der Waals surface area contributed by atoms with E-state index in [9.17, 15) is 0 Å². The van der Waals surface area contributed by atoms with E-state index in [1.807, 2.05) is 14.7 Å². The first kappa shape index (κ1) is 49.7. The van der Waals surface area contributed by atoms with Gasteiger partial charge in [-0.05, 0) is 57.8 Å². The smallest absolute Gasteiger partial charge is 0.0770 e. The SMILES string of the molecule is CCCC[NH+](CCCC)CCCC.CCCC[NH+](CCCC)CCCC.CCCC[NH+](CCCC)CCCC.[O-]B([O-])[O-]. The van der Waals surface area contributed by atoms with Crippen LogP contribution in [0.25, 0.3) is 0 Å². The minimum Gasteiger partial charge on any atom is -0.907 e. The lowest BCUT2D eigenvalue weighted by atomic mass is 10.2. The lowest BCUT2D eigenvalue weighted by molar-refractivity contribution is -0.900. The van der Waals surface area contributed by atoms with Gasteiger partial charge in [-0.2, -0.15) is 0 Å². The number of hydrogen-bond acceptors (Lipinski definition) is 3. The quantitative estimate of drug-likeness (QED) is 0.124. The molecule has 0 aromatic carbocycles. The van der Waals surface area contributed by atoms with E-state index in [4.69, 9.17) is 15.1 Å². The molecule has 0 rings (SSSR count). The fourth-order valence-corrected chi connectivity index (χ4v) is 4.97. The van der Waals surface area contributed by atoms with Crippen LogP contribution in [-0.2, 0) is 0 Å². The minimum atomic E-state index is -2.92. The minimum absolute atomic E-state index is 1.35. The zero-order valence-electron chi connectivity index (χ0n) is 31.4. The topological polar surface area (TPSA) is 82.5 Å². The second-order valence-electron chi connectivity index (χ2n) is 12.5. The first-order chi connectivity index (χ1) is 20.8. The van der Waals surface area contributed by atoms with Crippen molar-refractivity contribution in [3.05, 3.63) is 0 Å². The molecule has 0 heterocycles. The summed E-state index contributed by atoms with van der Waals surface area (Å²) in [5.41, 5.74) is 0. The van der Waals surface area contributed by atoms with E-state index in [0.717, 1.165) is 0 Å². The molecule has 0 aromatic rings. The summed E-state index contributed by atoms with van der Waals surface area (Å²) in [6.45, 7) is 33.2. The molecule has 0 bridgehead atoms. The molecule has 0 radical (unpaired) electrons. The van der Waals surface area contributed by atoms with Crippen LogP contribution in [-0.4, -0.2) is 66.2 Å². The average molecular weight is 618 g/mol. The molecule has 264 valence electrons. The molecule has 0 aliphatic carbocycles. The molecule has 43 heavy (non-hydrogen) atoms. The molecule has 7 heteroatoms. The number of hydrogen-bond donors (Lipinski definition) is 3. The molecule has 0 aliphatic rings. The number of unbranched alkanes of at least 4 members (excludes halogenated alkanes) is 9. The molecule has 6 nitrogen and oxygen atoms in total. The van der Waals surface area contributed by atoms with Crippen LogP contribution in [0.1, 0.15) is 178 Å². The Balaban J connectivity index is -0.000000249. The second kappa shape index (κ2) is 46.2. The maximum Gasteiger partial charge on any atom is 0.0770 e. The Morgan fingerprint density at radius 1 is 0.279 bits per heavy atom. The molecule has 0 unspecified atom stereocenters. The largest absolute Gasteiger partial charge is 0.907 e. The molecule has 0 aromatic heterocycles. The van der Waals surface area contributed by atoms with Crippen LogP contribution in [0.15, 0.2) is 0 Å². The predicted octanol–water partition coefficient (Wildman–Crippen LogP) is 2.87. The van der Waals surface area contributed by atoms with E-state index in [-0.39, 0.29) is 0 Å². The third kappa shape index (κ3) is 51.7. The molecule has 0 saturated carbocycles. The zero-order valence-corrected chi connectivity index (χ0v) is 31.4. The Morgan fingerprint density at radius 2 is 0.372 bits per heavy atom. The van der Waals surface area contributed by atoms with Gasteiger partial charge in [0.1, 0.15) is 0 Å². The third-order valence-electron chi connectivity index (χ3n) is 7.95. The van der Waals surface area contributed by atoms with Crippen LogP contribution >= 0.6 is 0 Å². The first-order valence-corrected chi connectivity index (χ1v) is 19.3. The van der Waals surface area contributed by atoms with Crippen LogP contribution in [0.2, 0.25) is 0 Å². The molecule has 3 N–H and O–H groups in total. The molecule has 0 atom stereocenters. The Bertz CT molecular complexity index is 331. The predicted molar refractivity (Wildman–Crippen MR) is 187 cm³/mol. The summed E-state index contributed by atoms with van der Waals surface area (Å²) >= 11 is 0. The van der Waals surface area contributed by atoms with Crippen molar-refractivity contribution in [1.82, 2.24) is 0 Å². The van der Waals surface area contributed by atoms with Crippen molar-refractivity contribution in [3.8, 4) is 0 Å². The van der Waals surface area contributed by atoms with Crippen LogP contribution in [0.4, 0.5) is 0 Å². The van der Waals surface area contributed by atoms with Gasteiger partial charge < -0.3 is 29.8 Å². The maximum atomic E-state index is 8.42. The van der Waals surface area contributed by atoms with Crippen molar-refractivity contribution in [3.63, 3.8) is 0 Å². The van der Waals surface area contributed by atoms with Gasteiger partial charge in [0.2, 0.25) is 0 Å². The maximum absolute atomic E-state index is 8.42. The van der Waals surface area contributed by atoms with E-state index in [1.54, 1.807) is 0 Å². The fourth-order valence-electron chi connectivity index (χ4n) is 4.97. The summed E-state index contributed by atoms with van der Waals surface area (Å²) in [4.78, 5) is 5.52. The molecular weight excluding hydrogens is 533 g/mol. The molecule has 0 fully saturated rings. The van der Waals surface area contributed by atoms with Gasteiger partial charge in [0.25, 0.3) is 0 Å². The van der Waals surface area contributed by atoms with E-state index >= 15 is 0 Å². The lowest BCUT2D eigenvalue weighted by Crippen LogP contribution is -3.12.